The number of hydrogen-bond acceptors (Lipinski definition) is 4. The molecule has 0 aliphatic rings. The molecular formula is C13H19NO3. The number of carbonyl (C=O) groups is 1. The van der Waals surface area contributed by atoms with Crippen LogP contribution in [0.2, 0.25) is 0 Å². The van der Waals surface area contributed by atoms with Crippen molar-refractivity contribution in [1.82, 2.24) is 0 Å². The molecule has 0 bridgehead atoms. The molecule has 4 nitrogen and oxygen atoms in total. The van der Waals surface area contributed by atoms with E-state index in [1.165, 1.54) is 0 Å². The van der Waals surface area contributed by atoms with Crippen molar-refractivity contribution in [2.24, 2.45) is 0 Å². The van der Waals surface area contributed by atoms with E-state index in [4.69, 9.17) is 9.47 Å². The Labute approximate surface area is 102 Å². The second-order valence-corrected chi connectivity index (χ2v) is 3.67. The number of benzene rings is 1. The Balaban J connectivity index is 2.63. The zero-order chi connectivity index (χ0) is 12.7. The van der Waals surface area contributed by atoms with Gasteiger partial charge in [0.25, 0.3) is 0 Å². The van der Waals surface area contributed by atoms with Gasteiger partial charge in [-0.05, 0) is 26.0 Å². The van der Waals surface area contributed by atoms with Gasteiger partial charge in [0, 0.05) is 19.3 Å². The number of anilines is 1. The fourth-order valence-electron chi connectivity index (χ4n) is 1.44. The van der Waals surface area contributed by atoms with Gasteiger partial charge in [-0.3, -0.25) is 0 Å². The molecule has 0 spiro atoms. The molecule has 0 saturated carbocycles. The molecule has 1 rings (SSSR count). The summed E-state index contributed by atoms with van der Waals surface area (Å²) < 4.78 is 10.5. The molecule has 1 N–H and O–H groups in total. The molecule has 0 saturated heterocycles. The van der Waals surface area contributed by atoms with Gasteiger partial charge in [-0.1, -0.05) is 12.1 Å². The van der Waals surface area contributed by atoms with Crippen LogP contribution in [0.4, 0.5) is 5.69 Å². The van der Waals surface area contributed by atoms with Crippen LogP contribution in [0.1, 0.15) is 24.2 Å². The standard InChI is InChI=1S/C13H19NO3/c1-4-16-9-10(2)17-13(15)11-7-5-6-8-12(11)14-3/h5-8,10,14H,4,9H2,1-3H3. The predicted molar refractivity (Wildman–Crippen MR) is 67.4 cm³/mol. The quantitative estimate of drug-likeness (QED) is 0.771. The van der Waals surface area contributed by atoms with Gasteiger partial charge in [-0.2, -0.15) is 0 Å². The molecule has 1 aromatic rings. The van der Waals surface area contributed by atoms with Crippen molar-refractivity contribution in [3.05, 3.63) is 29.8 Å². The number of ether oxygens (including phenoxy) is 2. The lowest BCUT2D eigenvalue weighted by Gasteiger charge is -2.14. The first kappa shape index (κ1) is 13.5. The summed E-state index contributed by atoms with van der Waals surface area (Å²) >= 11 is 0. The first-order valence-electron chi connectivity index (χ1n) is 5.74. The Bertz CT molecular complexity index is 365. The maximum atomic E-state index is 11.9. The molecule has 0 aliphatic heterocycles. The maximum absolute atomic E-state index is 11.9. The molecule has 0 fully saturated rings. The molecule has 0 radical (unpaired) electrons. The summed E-state index contributed by atoms with van der Waals surface area (Å²) in [5, 5.41) is 2.96. The van der Waals surface area contributed by atoms with E-state index in [1.807, 2.05) is 32.0 Å². The minimum absolute atomic E-state index is 0.243. The lowest BCUT2D eigenvalue weighted by molar-refractivity contribution is 0.00448. The van der Waals surface area contributed by atoms with Gasteiger partial charge >= 0.3 is 5.97 Å². The third-order valence-corrected chi connectivity index (χ3v) is 2.28. The lowest BCUT2D eigenvalue weighted by atomic mass is 10.2. The number of esters is 1. The van der Waals surface area contributed by atoms with Crippen molar-refractivity contribution < 1.29 is 14.3 Å². The van der Waals surface area contributed by atoms with Crippen molar-refractivity contribution in [3.63, 3.8) is 0 Å². The van der Waals surface area contributed by atoms with Gasteiger partial charge in [0.05, 0.1) is 12.2 Å². The van der Waals surface area contributed by atoms with Crippen molar-refractivity contribution in [3.8, 4) is 0 Å². The van der Waals surface area contributed by atoms with E-state index in [0.29, 0.717) is 18.8 Å². The van der Waals surface area contributed by atoms with Crippen LogP contribution in [0.25, 0.3) is 0 Å². The highest BCUT2D eigenvalue weighted by Crippen LogP contribution is 2.16. The van der Waals surface area contributed by atoms with Crippen LogP contribution < -0.4 is 5.32 Å². The Kier molecular flexibility index (Phi) is 5.49. The molecule has 1 unspecified atom stereocenters. The average molecular weight is 237 g/mol. The predicted octanol–water partition coefficient (Wildman–Crippen LogP) is 2.31. The van der Waals surface area contributed by atoms with Crippen LogP contribution in [0, 0.1) is 0 Å². The van der Waals surface area contributed by atoms with Gasteiger partial charge in [0.15, 0.2) is 0 Å². The fraction of sp³-hybridized carbons (Fsp3) is 0.462. The highest BCUT2D eigenvalue weighted by Gasteiger charge is 2.14. The number of rotatable bonds is 6. The summed E-state index contributed by atoms with van der Waals surface area (Å²) in [4.78, 5) is 11.9. The van der Waals surface area contributed by atoms with Crippen molar-refractivity contribution in [2.45, 2.75) is 20.0 Å². The van der Waals surface area contributed by atoms with Gasteiger partial charge in [0.2, 0.25) is 0 Å². The Morgan fingerprint density at radius 1 is 1.41 bits per heavy atom. The summed E-state index contributed by atoms with van der Waals surface area (Å²) in [5.74, 6) is -0.331. The molecule has 17 heavy (non-hydrogen) atoms. The van der Waals surface area contributed by atoms with E-state index in [1.54, 1.807) is 13.1 Å². The molecule has 0 aromatic heterocycles. The monoisotopic (exact) mass is 237 g/mol. The summed E-state index contributed by atoms with van der Waals surface area (Å²) in [6.07, 6.45) is -0.243. The molecule has 94 valence electrons. The summed E-state index contributed by atoms with van der Waals surface area (Å²) in [7, 11) is 1.77. The van der Waals surface area contributed by atoms with E-state index in [-0.39, 0.29) is 12.1 Å². The molecule has 1 atom stereocenters. The minimum Gasteiger partial charge on any atom is -0.457 e. The Morgan fingerprint density at radius 3 is 2.76 bits per heavy atom. The third kappa shape index (κ3) is 4.07. The fourth-order valence-corrected chi connectivity index (χ4v) is 1.44. The highest BCUT2D eigenvalue weighted by molar-refractivity contribution is 5.95. The van der Waals surface area contributed by atoms with E-state index in [9.17, 15) is 4.79 Å². The number of nitrogens with one attached hydrogen (secondary N) is 1. The zero-order valence-corrected chi connectivity index (χ0v) is 10.5. The molecule has 0 amide bonds. The first-order chi connectivity index (χ1) is 8.19. The smallest absolute Gasteiger partial charge is 0.340 e. The third-order valence-electron chi connectivity index (χ3n) is 2.28. The molecule has 0 aliphatic carbocycles. The average Bonchev–Trinajstić information content (AvgIpc) is 2.36. The molecule has 1 aromatic carbocycles. The molecule has 4 heteroatoms. The van der Waals surface area contributed by atoms with Gasteiger partial charge in [0.1, 0.15) is 6.10 Å². The van der Waals surface area contributed by atoms with Crippen molar-refractivity contribution >= 4 is 11.7 Å². The second-order valence-electron chi connectivity index (χ2n) is 3.67. The van der Waals surface area contributed by atoms with Gasteiger partial charge < -0.3 is 14.8 Å². The second kappa shape index (κ2) is 6.91. The lowest BCUT2D eigenvalue weighted by Crippen LogP contribution is -2.21. The number of hydrogen-bond donors (Lipinski definition) is 1. The number of carbonyl (C=O) groups excluding carboxylic acids is 1. The van der Waals surface area contributed by atoms with Crippen molar-refractivity contribution in [1.29, 1.82) is 0 Å². The van der Waals surface area contributed by atoms with Gasteiger partial charge in [-0.15, -0.1) is 0 Å². The van der Waals surface area contributed by atoms with Crippen LogP contribution >= 0.6 is 0 Å². The van der Waals surface area contributed by atoms with Crippen LogP contribution in [0.3, 0.4) is 0 Å². The summed E-state index contributed by atoms with van der Waals surface area (Å²) in [6, 6.07) is 7.25. The van der Waals surface area contributed by atoms with Gasteiger partial charge in [-0.25, -0.2) is 4.79 Å². The molecular weight excluding hydrogens is 218 g/mol. The van der Waals surface area contributed by atoms with E-state index in [0.717, 1.165) is 5.69 Å². The van der Waals surface area contributed by atoms with E-state index < -0.39 is 0 Å². The Hall–Kier alpha value is -1.55. The summed E-state index contributed by atoms with van der Waals surface area (Å²) in [5.41, 5.74) is 1.31. The largest absolute Gasteiger partial charge is 0.457 e. The van der Waals surface area contributed by atoms with Crippen LogP contribution in [0.15, 0.2) is 24.3 Å². The normalized spacial score (nSPS) is 11.9. The Morgan fingerprint density at radius 2 is 2.12 bits per heavy atom. The zero-order valence-electron chi connectivity index (χ0n) is 10.5. The van der Waals surface area contributed by atoms with Crippen LogP contribution in [-0.4, -0.2) is 32.3 Å². The SMILES string of the molecule is CCOCC(C)OC(=O)c1ccccc1NC. The minimum atomic E-state index is -0.331. The van der Waals surface area contributed by atoms with E-state index >= 15 is 0 Å². The maximum Gasteiger partial charge on any atom is 0.340 e. The van der Waals surface area contributed by atoms with Crippen LogP contribution in [0.5, 0.6) is 0 Å². The molecule has 0 heterocycles. The highest BCUT2D eigenvalue weighted by atomic mass is 16.6. The first-order valence-corrected chi connectivity index (χ1v) is 5.74. The van der Waals surface area contributed by atoms with Crippen LogP contribution in [-0.2, 0) is 9.47 Å². The topological polar surface area (TPSA) is 47.6 Å². The van der Waals surface area contributed by atoms with Crippen molar-refractivity contribution in [2.75, 3.05) is 25.6 Å². The van der Waals surface area contributed by atoms with E-state index in [2.05, 4.69) is 5.32 Å². The number of para-hydroxylation sites is 1. The summed E-state index contributed by atoms with van der Waals surface area (Å²) in [6.45, 7) is 4.76.